The summed E-state index contributed by atoms with van der Waals surface area (Å²) in [6.45, 7) is 0.227. The fourth-order valence-electron chi connectivity index (χ4n) is 4.17. The first-order chi connectivity index (χ1) is 15.1. The van der Waals surface area contributed by atoms with Crippen molar-refractivity contribution in [3.63, 3.8) is 0 Å². The van der Waals surface area contributed by atoms with Crippen LogP contribution in [0.1, 0.15) is 17.5 Å². The van der Waals surface area contributed by atoms with Gasteiger partial charge in [0, 0.05) is 23.0 Å². The van der Waals surface area contributed by atoms with E-state index in [1.807, 2.05) is 54.6 Å². The molecule has 2 heterocycles. The molecule has 2 aromatic rings. The van der Waals surface area contributed by atoms with Crippen molar-refractivity contribution < 1.29 is 14.3 Å². The first-order valence-electron chi connectivity index (χ1n) is 9.81. The summed E-state index contributed by atoms with van der Waals surface area (Å²) in [6, 6.07) is 18.8. The summed E-state index contributed by atoms with van der Waals surface area (Å²) >= 11 is 1.55. The van der Waals surface area contributed by atoms with Crippen molar-refractivity contribution in [2.75, 3.05) is 12.9 Å². The number of imide groups is 1. The lowest BCUT2D eigenvalue weighted by molar-refractivity contribution is -0.140. The third-order valence-corrected chi connectivity index (χ3v) is 6.88. The molecule has 1 unspecified atom stereocenters. The number of carbonyl (C=O) groups excluding carboxylic acids is 2. The van der Waals surface area contributed by atoms with Crippen molar-refractivity contribution >= 4 is 29.1 Å². The molecule has 4 rings (SSSR count). The molecular weight excluding hydrogens is 410 g/mol. The molecule has 6 nitrogen and oxygen atoms in total. The minimum atomic E-state index is -0.592. The van der Waals surface area contributed by atoms with Crippen LogP contribution in [0.5, 0.6) is 5.75 Å². The number of rotatable bonds is 4. The van der Waals surface area contributed by atoms with Crippen LogP contribution in [0.25, 0.3) is 5.57 Å². The molecule has 2 atom stereocenters. The molecule has 0 saturated carbocycles. The van der Waals surface area contributed by atoms with Crippen molar-refractivity contribution in [1.82, 2.24) is 4.90 Å². The summed E-state index contributed by atoms with van der Waals surface area (Å²) in [6.07, 6.45) is 0.0794. The van der Waals surface area contributed by atoms with Crippen molar-refractivity contribution in [2.45, 2.75) is 17.9 Å². The van der Waals surface area contributed by atoms with Crippen LogP contribution >= 0.6 is 11.8 Å². The predicted molar refractivity (Wildman–Crippen MR) is 115 cm³/mol. The Bertz CT molecular complexity index is 1140. The zero-order valence-electron chi connectivity index (χ0n) is 16.9. The zero-order valence-corrected chi connectivity index (χ0v) is 17.7. The molecule has 0 bridgehead atoms. The van der Waals surface area contributed by atoms with Crippen LogP contribution in [0, 0.1) is 34.5 Å². The first-order valence-corrected chi connectivity index (χ1v) is 10.8. The van der Waals surface area contributed by atoms with Crippen molar-refractivity contribution in [3.8, 4) is 17.9 Å². The van der Waals surface area contributed by atoms with Gasteiger partial charge in [0.05, 0.1) is 19.6 Å². The van der Waals surface area contributed by atoms with Gasteiger partial charge >= 0.3 is 0 Å². The van der Waals surface area contributed by atoms with E-state index in [2.05, 4.69) is 0 Å². The summed E-state index contributed by atoms with van der Waals surface area (Å²) in [5.74, 6) is -0.266. The average Bonchev–Trinajstić information content (AvgIpc) is 3.08. The highest BCUT2D eigenvalue weighted by atomic mass is 32.2. The van der Waals surface area contributed by atoms with Gasteiger partial charge in [-0.2, -0.15) is 10.5 Å². The Hall–Kier alpha value is -3.55. The van der Waals surface area contributed by atoms with Gasteiger partial charge < -0.3 is 4.74 Å². The van der Waals surface area contributed by atoms with Crippen molar-refractivity contribution in [3.05, 3.63) is 65.2 Å². The number of carbonyl (C=O) groups is 2. The third-order valence-electron chi connectivity index (χ3n) is 5.71. The number of fused-ring (bicyclic) bond motifs is 1. The van der Waals surface area contributed by atoms with E-state index in [0.717, 1.165) is 16.0 Å². The monoisotopic (exact) mass is 429 g/mol. The summed E-state index contributed by atoms with van der Waals surface area (Å²) in [4.78, 5) is 28.2. The van der Waals surface area contributed by atoms with E-state index in [1.165, 1.54) is 4.90 Å². The largest absolute Gasteiger partial charge is 0.497 e. The summed E-state index contributed by atoms with van der Waals surface area (Å²) < 4.78 is 5.29. The SMILES string of the molecule is COc1ccc2c(c1)SC[C@@H](C1CC(=O)N(Cc3ccccc3)C1=O)C2=C(C#N)C#N. The van der Waals surface area contributed by atoms with Crippen LogP contribution in [0.2, 0.25) is 0 Å². The second-order valence-corrected chi connectivity index (χ2v) is 8.47. The van der Waals surface area contributed by atoms with Crippen LogP contribution in [0.15, 0.2) is 59.0 Å². The van der Waals surface area contributed by atoms with Gasteiger partial charge in [-0.05, 0) is 34.9 Å². The molecular formula is C24H19N3O3S. The fraction of sp³-hybridized carbons (Fsp3) is 0.250. The Morgan fingerprint density at radius 2 is 1.87 bits per heavy atom. The number of hydrogen-bond donors (Lipinski definition) is 0. The van der Waals surface area contributed by atoms with Gasteiger partial charge in [0.2, 0.25) is 11.8 Å². The molecule has 0 radical (unpaired) electrons. The Kier molecular flexibility index (Phi) is 5.79. The lowest BCUT2D eigenvalue weighted by atomic mass is 9.80. The van der Waals surface area contributed by atoms with Gasteiger partial charge in [-0.25, -0.2) is 0 Å². The summed E-state index contributed by atoms with van der Waals surface area (Å²) in [5.41, 5.74) is 2.17. The van der Waals surface area contributed by atoms with Crippen LogP contribution in [-0.2, 0) is 16.1 Å². The molecule has 1 fully saturated rings. The minimum absolute atomic E-state index is 0.0153. The molecule has 2 amide bonds. The smallest absolute Gasteiger partial charge is 0.233 e. The van der Waals surface area contributed by atoms with Gasteiger partial charge in [0.1, 0.15) is 23.5 Å². The fourth-order valence-corrected chi connectivity index (χ4v) is 5.46. The van der Waals surface area contributed by atoms with E-state index in [1.54, 1.807) is 24.9 Å². The molecule has 7 heteroatoms. The number of nitrogens with zero attached hydrogens (tertiary/aromatic N) is 3. The van der Waals surface area contributed by atoms with Crippen molar-refractivity contribution in [1.29, 1.82) is 10.5 Å². The maximum absolute atomic E-state index is 13.3. The normalized spacial score (nSPS) is 20.1. The number of allylic oxidation sites excluding steroid dienone is 2. The lowest BCUT2D eigenvalue weighted by Gasteiger charge is -2.31. The van der Waals surface area contributed by atoms with Crippen LogP contribution in [0.4, 0.5) is 0 Å². The molecule has 1 saturated heterocycles. The quantitative estimate of drug-likeness (QED) is 0.542. The van der Waals surface area contributed by atoms with Gasteiger partial charge in [0.25, 0.3) is 0 Å². The van der Waals surface area contributed by atoms with E-state index in [4.69, 9.17) is 4.74 Å². The highest BCUT2D eigenvalue weighted by Crippen LogP contribution is 2.48. The average molecular weight is 430 g/mol. The zero-order chi connectivity index (χ0) is 22.0. The van der Waals surface area contributed by atoms with Gasteiger partial charge in [-0.15, -0.1) is 11.8 Å². The summed E-state index contributed by atoms with van der Waals surface area (Å²) in [7, 11) is 1.58. The van der Waals surface area contributed by atoms with E-state index < -0.39 is 11.8 Å². The Labute approximate surface area is 184 Å². The van der Waals surface area contributed by atoms with Crippen LogP contribution in [-0.4, -0.2) is 29.6 Å². The van der Waals surface area contributed by atoms with E-state index in [0.29, 0.717) is 17.1 Å². The summed E-state index contributed by atoms with van der Waals surface area (Å²) in [5, 5.41) is 19.2. The highest BCUT2D eigenvalue weighted by Gasteiger charge is 2.46. The third kappa shape index (κ3) is 3.81. The number of hydrogen-bond acceptors (Lipinski definition) is 6. The number of amides is 2. The lowest BCUT2D eigenvalue weighted by Crippen LogP contribution is -2.33. The number of likely N-dealkylation sites (tertiary alicyclic amines) is 1. The molecule has 0 N–H and O–H groups in total. The Morgan fingerprint density at radius 1 is 1.13 bits per heavy atom. The molecule has 31 heavy (non-hydrogen) atoms. The maximum atomic E-state index is 13.3. The molecule has 0 aromatic heterocycles. The van der Waals surface area contributed by atoms with E-state index in [9.17, 15) is 20.1 Å². The second kappa shape index (κ2) is 8.67. The topological polar surface area (TPSA) is 94.2 Å². The molecule has 2 aromatic carbocycles. The van der Waals surface area contributed by atoms with Gasteiger partial charge in [-0.1, -0.05) is 30.3 Å². The van der Waals surface area contributed by atoms with Gasteiger partial charge in [-0.3, -0.25) is 14.5 Å². The standard InChI is InChI=1S/C24H19N3O3S/c1-30-17-7-8-18-21(9-17)31-14-20(23(18)16(11-25)12-26)19-10-22(28)27(24(19)29)13-15-5-3-2-4-6-15/h2-9,19-20H,10,13-14H2,1H3/t19?,20-/m0/s1. The molecule has 2 aliphatic heterocycles. The molecule has 0 aliphatic carbocycles. The first kappa shape index (κ1) is 20.7. The number of methoxy groups -OCH3 is 1. The van der Waals surface area contributed by atoms with Crippen LogP contribution < -0.4 is 4.74 Å². The Balaban J connectivity index is 1.71. The molecule has 154 valence electrons. The molecule has 0 spiro atoms. The highest BCUT2D eigenvalue weighted by molar-refractivity contribution is 7.99. The number of thioether (sulfide) groups is 1. The predicted octanol–water partition coefficient (Wildman–Crippen LogP) is 3.79. The second-order valence-electron chi connectivity index (χ2n) is 7.41. The van der Waals surface area contributed by atoms with E-state index >= 15 is 0 Å². The van der Waals surface area contributed by atoms with Gasteiger partial charge in [0.15, 0.2) is 0 Å². The van der Waals surface area contributed by atoms with E-state index in [-0.39, 0.29) is 30.4 Å². The Morgan fingerprint density at radius 3 is 2.55 bits per heavy atom. The maximum Gasteiger partial charge on any atom is 0.233 e. The number of nitriles is 2. The number of ether oxygens (including phenoxy) is 1. The minimum Gasteiger partial charge on any atom is -0.497 e. The van der Waals surface area contributed by atoms with Crippen LogP contribution in [0.3, 0.4) is 0 Å². The number of benzene rings is 2. The van der Waals surface area contributed by atoms with Crippen molar-refractivity contribution in [2.24, 2.45) is 11.8 Å². The molecule has 2 aliphatic rings.